The molecule has 1 atom stereocenters. The van der Waals surface area contributed by atoms with Crippen LogP contribution in [0.4, 0.5) is 0 Å². The summed E-state index contributed by atoms with van der Waals surface area (Å²) in [5, 5.41) is 0. The van der Waals surface area contributed by atoms with E-state index in [1.807, 2.05) is 0 Å². The molecule has 60 valence electrons. The summed E-state index contributed by atoms with van der Waals surface area (Å²) in [5.41, 5.74) is 0. The third-order valence-corrected chi connectivity index (χ3v) is 3.11. The van der Waals surface area contributed by atoms with Crippen molar-refractivity contribution >= 4 is 8.03 Å². The van der Waals surface area contributed by atoms with Gasteiger partial charge in [-0.1, -0.05) is 19.3 Å². The largest absolute Gasteiger partial charge is 0.346 e. The second-order valence-electron chi connectivity index (χ2n) is 3.10. The van der Waals surface area contributed by atoms with Gasteiger partial charge in [0.25, 0.3) is 0 Å². The maximum Gasteiger partial charge on any atom is 0.189 e. The SMILES string of the molecule is O=[PH](O)CC1CCCCC1. The van der Waals surface area contributed by atoms with Gasteiger partial charge in [0.1, 0.15) is 0 Å². The fourth-order valence-electron chi connectivity index (χ4n) is 1.64. The molecule has 2 nitrogen and oxygen atoms in total. The molecule has 0 spiro atoms. The highest BCUT2D eigenvalue weighted by Crippen LogP contribution is 2.30. The molecule has 1 saturated carbocycles. The zero-order chi connectivity index (χ0) is 7.40. The van der Waals surface area contributed by atoms with Crippen molar-refractivity contribution in [1.29, 1.82) is 0 Å². The van der Waals surface area contributed by atoms with Gasteiger partial charge in [0.2, 0.25) is 0 Å². The predicted octanol–water partition coefficient (Wildman–Crippen LogP) is 2.03. The van der Waals surface area contributed by atoms with Gasteiger partial charge >= 0.3 is 0 Å². The Morgan fingerprint density at radius 3 is 2.40 bits per heavy atom. The maximum absolute atomic E-state index is 10.5. The molecule has 1 fully saturated rings. The molecule has 0 radical (unpaired) electrons. The summed E-state index contributed by atoms with van der Waals surface area (Å²) >= 11 is 0. The molecule has 0 amide bonds. The summed E-state index contributed by atoms with van der Waals surface area (Å²) in [6.07, 6.45) is 6.78. The highest BCUT2D eigenvalue weighted by molar-refractivity contribution is 7.38. The summed E-state index contributed by atoms with van der Waals surface area (Å²) < 4.78 is 10.5. The molecule has 10 heavy (non-hydrogen) atoms. The molecular weight excluding hydrogens is 147 g/mol. The first-order chi connectivity index (χ1) is 4.79. The lowest BCUT2D eigenvalue weighted by Crippen LogP contribution is -2.08. The average Bonchev–Trinajstić information content (AvgIpc) is 1.88. The van der Waals surface area contributed by atoms with Gasteiger partial charge in [0.15, 0.2) is 8.03 Å². The predicted molar refractivity (Wildman–Crippen MR) is 42.7 cm³/mol. The Morgan fingerprint density at radius 2 is 1.90 bits per heavy atom. The van der Waals surface area contributed by atoms with Crippen LogP contribution in [0.3, 0.4) is 0 Å². The van der Waals surface area contributed by atoms with E-state index >= 15 is 0 Å². The van der Waals surface area contributed by atoms with Crippen molar-refractivity contribution in [3.05, 3.63) is 0 Å². The Morgan fingerprint density at radius 1 is 1.30 bits per heavy atom. The first-order valence-electron chi connectivity index (χ1n) is 4.01. The molecule has 0 saturated heterocycles. The van der Waals surface area contributed by atoms with Crippen LogP contribution in [0.2, 0.25) is 0 Å². The van der Waals surface area contributed by atoms with E-state index < -0.39 is 8.03 Å². The molecule has 1 rings (SSSR count). The van der Waals surface area contributed by atoms with E-state index in [0.717, 1.165) is 0 Å². The van der Waals surface area contributed by atoms with Crippen LogP contribution < -0.4 is 0 Å². The van der Waals surface area contributed by atoms with E-state index in [2.05, 4.69) is 0 Å². The molecule has 1 unspecified atom stereocenters. The quantitative estimate of drug-likeness (QED) is 0.631. The average molecular weight is 162 g/mol. The van der Waals surface area contributed by atoms with Gasteiger partial charge in [-0.05, 0) is 18.8 Å². The molecule has 0 aromatic rings. The Kier molecular flexibility index (Phi) is 3.44. The van der Waals surface area contributed by atoms with Crippen LogP contribution in [0, 0.1) is 5.92 Å². The van der Waals surface area contributed by atoms with Gasteiger partial charge in [0, 0.05) is 6.16 Å². The van der Waals surface area contributed by atoms with Crippen LogP contribution in [0.25, 0.3) is 0 Å². The van der Waals surface area contributed by atoms with Gasteiger partial charge in [-0.3, -0.25) is 4.57 Å². The zero-order valence-electron chi connectivity index (χ0n) is 6.18. The van der Waals surface area contributed by atoms with Crippen molar-refractivity contribution in [2.24, 2.45) is 5.92 Å². The second-order valence-corrected chi connectivity index (χ2v) is 4.30. The minimum Gasteiger partial charge on any atom is -0.346 e. The summed E-state index contributed by atoms with van der Waals surface area (Å²) in [6, 6.07) is 0. The van der Waals surface area contributed by atoms with Gasteiger partial charge in [0.05, 0.1) is 0 Å². The zero-order valence-corrected chi connectivity index (χ0v) is 7.18. The monoisotopic (exact) mass is 162 g/mol. The molecule has 1 aliphatic rings. The van der Waals surface area contributed by atoms with Crippen LogP contribution in [-0.2, 0) is 4.57 Å². The minimum atomic E-state index is -2.18. The van der Waals surface area contributed by atoms with Gasteiger partial charge in [-0.15, -0.1) is 0 Å². The molecular formula is C7H15O2P. The van der Waals surface area contributed by atoms with Crippen molar-refractivity contribution in [2.45, 2.75) is 32.1 Å². The standard InChI is InChI=1S/C7H15O2P/c8-10(9)6-7-4-2-1-3-5-7/h7,10H,1-6H2,(H,8,9). The fraction of sp³-hybridized carbons (Fsp3) is 1.00. The number of hydrogen-bond donors (Lipinski definition) is 1. The van der Waals surface area contributed by atoms with Crippen LogP contribution in [0.15, 0.2) is 0 Å². The van der Waals surface area contributed by atoms with Gasteiger partial charge in [-0.2, -0.15) is 0 Å². The smallest absolute Gasteiger partial charge is 0.189 e. The van der Waals surface area contributed by atoms with Gasteiger partial charge < -0.3 is 4.89 Å². The van der Waals surface area contributed by atoms with Crippen LogP contribution >= 0.6 is 8.03 Å². The molecule has 3 heteroatoms. The van der Waals surface area contributed by atoms with E-state index in [9.17, 15) is 4.57 Å². The van der Waals surface area contributed by atoms with E-state index in [1.165, 1.54) is 32.1 Å². The van der Waals surface area contributed by atoms with Crippen LogP contribution in [0.1, 0.15) is 32.1 Å². The van der Waals surface area contributed by atoms with E-state index in [0.29, 0.717) is 12.1 Å². The Labute approximate surface area is 62.5 Å². The van der Waals surface area contributed by atoms with Crippen molar-refractivity contribution in [3.8, 4) is 0 Å². The third kappa shape index (κ3) is 2.85. The molecule has 0 aliphatic heterocycles. The van der Waals surface area contributed by atoms with Crippen molar-refractivity contribution < 1.29 is 9.46 Å². The van der Waals surface area contributed by atoms with Crippen LogP contribution in [0.5, 0.6) is 0 Å². The molecule has 0 bridgehead atoms. The lowest BCUT2D eigenvalue weighted by Gasteiger charge is -2.19. The first-order valence-corrected chi connectivity index (χ1v) is 5.57. The minimum absolute atomic E-state index is 0.560. The summed E-state index contributed by atoms with van der Waals surface area (Å²) in [7, 11) is -2.18. The highest BCUT2D eigenvalue weighted by Gasteiger charge is 2.14. The van der Waals surface area contributed by atoms with E-state index in [-0.39, 0.29) is 0 Å². The summed E-state index contributed by atoms with van der Waals surface area (Å²) in [5.74, 6) is 0.560. The van der Waals surface area contributed by atoms with Gasteiger partial charge in [-0.25, -0.2) is 0 Å². The first kappa shape index (κ1) is 8.29. The molecule has 1 N–H and O–H groups in total. The maximum atomic E-state index is 10.5. The summed E-state index contributed by atoms with van der Waals surface area (Å²) in [6.45, 7) is 0. The number of hydrogen-bond acceptors (Lipinski definition) is 1. The van der Waals surface area contributed by atoms with Crippen molar-refractivity contribution in [3.63, 3.8) is 0 Å². The highest BCUT2D eigenvalue weighted by atomic mass is 31.1. The molecule has 0 heterocycles. The third-order valence-electron chi connectivity index (χ3n) is 2.19. The van der Waals surface area contributed by atoms with Crippen molar-refractivity contribution in [1.82, 2.24) is 0 Å². The number of rotatable bonds is 2. The lowest BCUT2D eigenvalue weighted by atomic mass is 9.91. The van der Waals surface area contributed by atoms with Crippen LogP contribution in [-0.4, -0.2) is 11.1 Å². The van der Waals surface area contributed by atoms with E-state index in [1.54, 1.807) is 0 Å². The second kappa shape index (κ2) is 4.15. The lowest BCUT2D eigenvalue weighted by molar-refractivity contribution is 0.378. The Balaban J connectivity index is 2.19. The summed E-state index contributed by atoms with van der Waals surface area (Å²) in [4.78, 5) is 8.65. The fourth-order valence-corrected chi connectivity index (χ4v) is 2.54. The molecule has 0 aromatic carbocycles. The molecule has 0 aromatic heterocycles. The Hall–Kier alpha value is 0.190. The van der Waals surface area contributed by atoms with Crippen molar-refractivity contribution in [2.75, 3.05) is 6.16 Å². The van der Waals surface area contributed by atoms with E-state index in [4.69, 9.17) is 4.89 Å². The normalized spacial score (nSPS) is 24.5. The molecule has 1 aliphatic carbocycles. The Bertz CT molecular complexity index is 119. The topological polar surface area (TPSA) is 37.3 Å².